The molecule has 0 bridgehead atoms. The van der Waals surface area contributed by atoms with E-state index in [1.54, 1.807) is 0 Å². The average Bonchev–Trinajstić information content (AvgIpc) is 2.37. The zero-order chi connectivity index (χ0) is 12.7. The number of carbonyl (C=O) groups is 2. The van der Waals surface area contributed by atoms with Crippen molar-refractivity contribution < 1.29 is 14.3 Å². The molecular weight excluding hydrogens is 220 g/mol. The molecule has 1 aliphatic heterocycles. The Morgan fingerprint density at radius 3 is 2.59 bits per heavy atom. The summed E-state index contributed by atoms with van der Waals surface area (Å²) in [4.78, 5) is 23.1. The fourth-order valence-corrected chi connectivity index (χ4v) is 2.47. The number of rotatable bonds is 1. The third kappa shape index (κ3) is 2.53. The molecule has 0 radical (unpaired) electrons. The van der Waals surface area contributed by atoms with Gasteiger partial charge >= 0.3 is 6.09 Å². The van der Waals surface area contributed by atoms with Crippen LogP contribution in [-0.2, 0) is 9.53 Å². The Bertz CT molecular complexity index is 342. The average molecular weight is 240 g/mol. The van der Waals surface area contributed by atoms with Gasteiger partial charge in [-0.15, -0.1) is 0 Å². The second-order valence-electron chi connectivity index (χ2n) is 5.96. The maximum Gasteiger partial charge on any atom is 0.407 e. The Morgan fingerprint density at radius 1 is 1.47 bits per heavy atom. The standard InChI is InChI=1S/C12H20N2O3/c1-11(2,3)17-10(16)13-8-7-9(15)14-12(8)5-4-6-12/h8H,4-7H2,1-3H3,(H,13,16)(H,14,15). The number of nitrogens with one attached hydrogen (secondary N) is 2. The van der Waals surface area contributed by atoms with Crippen molar-refractivity contribution in [2.75, 3.05) is 0 Å². The van der Waals surface area contributed by atoms with Gasteiger partial charge in [-0.1, -0.05) is 0 Å². The third-order valence-corrected chi connectivity index (χ3v) is 3.38. The highest BCUT2D eigenvalue weighted by atomic mass is 16.6. The molecule has 1 saturated heterocycles. The van der Waals surface area contributed by atoms with Gasteiger partial charge in [0.05, 0.1) is 11.6 Å². The van der Waals surface area contributed by atoms with Crippen molar-refractivity contribution in [2.45, 2.75) is 63.6 Å². The lowest BCUT2D eigenvalue weighted by Gasteiger charge is -2.43. The number of carbonyl (C=O) groups excluding carboxylic acids is 2. The van der Waals surface area contributed by atoms with Crippen LogP contribution in [0.3, 0.4) is 0 Å². The van der Waals surface area contributed by atoms with E-state index in [4.69, 9.17) is 4.74 Å². The first-order chi connectivity index (χ1) is 7.81. The summed E-state index contributed by atoms with van der Waals surface area (Å²) in [6.45, 7) is 5.47. The monoisotopic (exact) mass is 240 g/mol. The van der Waals surface area contributed by atoms with E-state index in [2.05, 4.69) is 10.6 Å². The maximum atomic E-state index is 11.7. The minimum absolute atomic E-state index is 0.0192. The number of alkyl carbamates (subject to hydrolysis) is 1. The van der Waals surface area contributed by atoms with Gasteiger partial charge in [0.2, 0.25) is 5.91 Å². The molecule has 17 heavy (non-hydrogen) atoms. The van der Waals surface area contributed by atoms with Crippen LogP contribution >= 0.6 is 0 Å². The molecular formula is C12H20N2O3. The first kappa shape index (κ1) is 12.2. The van der Waals surface area contributed by atoms with Crippen molar-refractivity contribution in [1.29, 1.82) is 0 Å². The molecule has 1 atom stereocenters. The fourth-order valence-electron chi connectivity index (χ4n) is 2.47. The van der Waals surface area contributed by atoms with E-state index in [-0.39, 0.29) is 17.5 Å². The molecule has 1 aliphatic carbocycles. The molecule has 0 aromatic carbocycles. The molecule has 96 valence electrons. The summed E-state index contributed by atoms with van der Waals surface area (Å²) in [5.74, 6) is 0.0192. The first-order valence-corrected chi connectivity index (χ1v) is 6.11. The molecule has 2 rings (SSSR count). The highest BCUT2D eigenvalue weighted by molar-refractivity contribution is 5.82. The van der Waals surface area contributed by atoms with Crippen LogP contribution in [0.5, 0.6) is 0 Å². The highest BCUT2D eigenvalue weighted by Crippen LogP contribution is 2.39. The van der Waals surface area contributed by atoms with E-state index in [0.29, 0.717) is 6.42 Å². The van der Waals surface area contributed by atoms with Crippen LogP contribution in [0, 0.1) is 0 Å². The number of ether oxygens (including phenoxy) is 1. The molecule has 0 aromatic heterocycles. The zero-order valence-corrected chi connectivity index (χ0v) is 10.6. The lowest BCUT2D eigenvalue weighted by atomic mass is 9.73. The fraction of sp³-hybridized carbons (Fsp3) is 0.833. The van der Waals surface area contributed by atoms with Crippen LogP contribution in [-0.4, -0.2) is 29.2 Å². The summed E-state index contributed by atoms with van der Waals surface area (Å²) in [6, 6.07) is -0.126. The van der Waals surface area contributed by atoms with Gasteiger partial charge in [0.1, 0.15) is 5.60 Å². The van der Waals surface area contributed by atoms with Crippen LogP contribution in [0.25, 0.3) is 0 Å². The first-order valence-electron chi connectivity index (χ1n) is 6.11. The van der Waals surface area contributed by atoms with Crippen molar-refractivity contribution >= 4 is 12.0 Å². The van der Waals surface area contributed by atoms with Crippen molar-refractivity contribution in [3.8, 4) is 0 Å². The minimum atomic E-state index is -0.507. The lowest BCUT2D eigenvalue weighted by Crippen LogP contribution is -2.59. The second kappa shape index (κ2) is 3.89. The largest absolute Gasteiger partial charge is 0.444 e. The molecule has 0 aromatic rings. The Labute approximate surface area is 101 Å². The van der Waals surface area contributed by atoms with Gasteiger partial charge in [0.25, 0.3) is 0 Å². The summed E-state index contributed by atoms with van der Waals surface area (Å²) in [5.41, 5.74) is -0.707. The van der Waals surface area contributed by atoms with Gasteiger partial charge in [-0.3, -0.25) is 4.79 Å². The SMILES string of the molecule is CC(C)(C)OC(=O)NC1CC(=O)NC12CCC2. The molecule has 1 spiro atoms. The topological polar surface area (TPSA) is 67.4 Å². The van der Waals surface area contributed by atoms with Crippen LogP contribution < -0.4 is 10.6 Å². The normalized spacial score (nSPS) is 26.3. The van der Waals surface area contributed by atoms with Gasteiger partial charge < -0.3 is 15.4 Å². The van der Waals surface area contributed by atoms with E-state index in [0.717, 1.165) is 19.3 Å². The molecule has 1 saturated carbocycles. The van der Waals surface area contributed by atoms with E-state index in [9.17, 15) is 9.59 Å². The number of hydrogen-bond acceptors (Lipinski definition) is 3. The third-order valence-electron chi connectivity index (χ3n) is 3.38. The predicted molar refractivity (Wildman–Crippen MR) is 62.5 cm³/mol. The zero-order valence-electron chi connectivity index (χ0n) is 10.6. The predicted octanol–water partition coefficient (Wildman–Crippen LogP) is 1.32. The van der Waals surface area contributed by atoms with Crippen LogP contribution in [0.1, 0.15) is 46.5 Å². The summed E-state index contributed by atoms with van der Waals surface area (Å²) in [5, 5.41) is 5.79. The molecule has 2 fully saturated rings. The lowest BCUT2D eigenvalue weighted by molar-refractivity contribution is -0.120. The van der Waals surface area contributed by atoms with Gasteiger partial charge in [0.15, 0.2) is 0 Å². The smallest absolute Gasteiger partial charge is 0.407 e. The minimum Gasteiger partial charge on any atom is -0.444 e. The quantitative estimate of drug-likeness (QED) is 0.726. The molecule has 5 heteroatoms. The van der Waals surface area contributed by atoms with Crippen LogP contribution in [0.2, 0.25) is 0 Å². The van der Waals surface area contributed by atoms with Crippen molar-refractivity contribution in [1.82, 2.24) is 10.6 Å². The van der Waals surface area contributed by atoms with E-state index >= 15 is 0 Å². The van der Waals surface area contributed by atoms with Gasteiger partial charge in [-0.05, 0) is 40.0 Å². The molecule has 1 heterocycles. The molecule has 2 N–H and O–H groups in total. The van der Waals surface area contributed by atoms with Crippen molar-refractivity contribution in [3.63, 3.8) is 0 Å². The van der Waals surface area contributed by atoms with E-state index in [1.807, 2.05) is 20.8 Å². The molecule has 2 amide bonds. The molecule has 5 nitrogen and oxygen atoms in total. The maximum absolute atomic E-state index is 11.7. The van der Waals surface area contributed by atoms with Crippen LogP contribution in [0.4, 0.5) is 4.79 Å². The van der Waals surface area contributed by atoms with Crippen molar-refractivity contribution in [2.24, 2.45) is 0 Å². The van der Waals surface area contributed by atoms with Gasteiger partial charge in [-0.25, -0.2) is 4.79 Å². The Kier molecular flexibility index (Phi) is 2.79. The highest BCUT2D eigenvalue weighted by Gasteiger charge is 2.51. The summed E-state index contributed by atoms with van der Waals surface area (Å²) < 4.78 is 5.21. The summed E-state index contributed by atoms with van der Waals surface area (Å²) >= 11 is 0. The Morgan fingerprint density at radius 2 is 2.12 bits per heavy atom. The molecule has 1 unspecified atom stereocenters. The number of amides is 2. The second-order valence-corrected chi connectivity index (χ2v) is 5.96. The summed E-state index contributed by atoms with van der Waals surface area (Å²) in [7, 11) is 0. The van der Waals surface area contributed by atoms with Gasteiger partial charge in [-0.2, -0.15) is 0 Å². The van der Waals surface area contributed by atoms with Crippen LogP contribution in [0.15, 0.2) is 0 Å². The van der Waals surface area contributed by atoms with E-state index < -0.39 is 11.7 Å². The van der Waals surface area contributed by atoms with Gasteiger partial charge in [0, 0.05) is 6.42 Å². The molecule has 2 aliphatic rings. The van der Waals surface area contributed by atoms with Crippen molar-refractivity contribution in [3.05, 3.63) is 0 Å². The Balaban J connectivity index is 1.94. The Hall–Kier alpha value is -1.26. The van der Waals surface area contributed by atoms with E-state index in [1.165, 1.54) is 0 Å². The summed E-state index contributed by atoms with van der Waals surface area (Å²) in [6.07, 6.45) is 2.91. The number of hydrogen-bond donors (Lipinski definition) is 2.